The number of rotatable bonds is 4. The summed E-state index contributed by atoms with van der Waals surface area (Å²) < 4.78 is 17.9. The fourth-order valence-electron chi connectivity index (χ4n) is 5.42. The van der Waals surface area contributed by atoms with Crippen molar-refractivity contribution >= 4 is 17.5 Å². The summed E-state index contributed by atoms with van der Waals surface area (Å²) in [5.74, 6) is -3.83. The van der Waals surface area contributed by atoms with E-state index in [1.54, 1.807) is 20.8 Å². The van der Waals surface area contributed by atoms with Crippen LogP contribution in [0.4, 0.5) is 0 Å². The quantitative estimate of drug-likeness (QED) is 0.421. The molecule has 37 heavy (non-hydrogen) atoms. The number of ether oxygens (including phenoxy) is 3. The van der Waals surface area contributed by atoms with Crippen molar-refractivity contribution in [2.24, 2.45) is 23.7 Å². The fraction of sp³-hybridized carbons (Fsp3) is 0.821. The van der Waals surface area contributed by atoms with Gasteiger partial charge in [0.15, 0.2) is 17.9 Å². The molecule has 0 aromatic rings. The number of nitrogens with zero attached hydrogens (tertiary/aromatic N) is 1. The minimum absolute atomic E-state index is 0.168. The number of carbonyl (C=O) groups excluding carboxylic acids is 3. The number of carbonyl (C=O) groups is 3. The Labute approximate surface area is 221 Å². The Morgan fingerprint density at radius 1 is 1.11 bits per heavy atom. The molecule has 1 saturated heterocycles. The number of hydrogen-bond donors (Lipinski definition) is 2. The molecule has 0 aromatic carbocycles. The predicted octanol–water partition coefficient (Wildman–Crippen LogP) is 2.51. The van der Waals surface area contributed by atoms with Crippen molar-refractivity contribution in [3.8, 4) is 0 Å². The topological polar surface area (TPSA) is 123 Å². The lowest BCUT2D eigenvalue weighted by molar-refractivity contribution is -0.278. The molecule has 0 bridgehead atoms. The van der Waals surface area contributed by atoms with Gasteiger partial charge in [-0.15, -0.1) is 0 Å². The van der Waals surface area contributed by atoms with Crippen molar-refractivity contribution in [2.75, 3.05) is 14.1 Å². The molecule has 0 saturated carbocycles. The smallest absolute Gasteiger partial charge is 0.316 e. The van der Waals surface area contributed by atoms with Gasteiger partial charge >= 0.3 is 5.97 Å². The van der Waals surface area contributed by atoms with Crippen LogP contribution in [0.15, 0.2) is 12.2 Å². The highest BCUT2D eigenvalue weighted by Crippen LogP contribution is 2.32. The molecule has 2 aliphatic heterocycles. The van der Waals surface area contributed by atoms with Gasteiger partial charge in [0.1, 0.15) is 23.7 Å². The van der Waals surface area contributed by atoms with Gasteiger partial charge in [0, 0.05) is 17.9 Å². The van der Waals surface area contributed by atoms with E-state index in [9.17, 15) is 24.6 Å². The molecule has 0 radical (unpaired) electrons. The molecule has 1 fully saturated rings. The van der Waals surface area contributed by atoms with Gasteiger partial charge in [0.2, 0.25) is 0 Å². The average molecular weight is 526 g/mol. The van der Waals surface area contributed by atoms with Crippen molar-refractivity contribution in [3.05, 3.63) is 12.2 Å². The van der Waals surface area contributed by atoms with Gasteiger partial charge in [0.05, 0.1) is 12.2 Å². The van der Waals surface area contributed by atoms with Crippen LogP contribution in [-0.4, -0.2) is 89.1 Å². The number of aliphatic hydroxyl groups excluding tert-OH is 1. The van der Waals surface area contributed by atoms with Crippen molar-refractivity contribution in [3.63, 3.8) is 0 Å². The SMILES string of the molecule is CC[C@H]1OC(=O)[C@H](C)C(=O)[C@H](C)[C@@H](O[C@@H]2O[C@H](C)C[C@H](N(C)C)[C@H]2O)[C@@H](C)C[C@@H](C)C(=O)/C=C/[C@]1(C)O. The zero-order valence-corrected chi connectivity index (χ0v) is 23.8. The van der Waals surface area contributed by atoms with Crippen LogP contribution >= 0.6 is 0 Å². The van der Waals surface area contributed by atoms with Crippen LogP contribution < -0.4 is 0 Å². The van der Waals surface area contributed by atoms with Crippen LogP contribution in [0, 0.1) is 23.7 Å². The van der Waals surface area contributed by atoms with Gasteiger partial charge in [-0.1, -0.05) is 27.7 Å². The Hall–Kier alpha value is -1.65. The van der Waals surface area contributed by atoms with Gasteiger partial charge in [-0.25, -0.2) is 0 Å². The first-order chi connectivity index (χ1) is 17.1. The summed E-state index contributed by atoms with van der Waals surface area (Å²) in [6, 6.07) is -0.188. The van der Waals surface area contributed by atoms with Crippen molar-refractivity contribution in [1.82, 2.24) is 4.90 Å². The molecular weight excluding hydrogens is 478 g/mol. The van der Waals surface area contributed by atoms with E-state index in [-0.39, 0.29) is 29.6 Å². The fourth-order valence-corrected chi connectivity index (χ4v) is 5.42. The van der Waals surface area contributed by atoms with Crippen LogP contribution in [0.25, 0.3) is 0 Å². The third kappa shape index (κ3) is 7.69. The van der Waals surface area contributed by atoms with Crippen LogP contribution in [0.3, 0.4) is 0 Å². The van der Waals surface area contributed by atoms with Crippen molar-refractivity contribution in [1.29, 1.82) is 0 Å². The molecule has 2 aliphatic rings. The Bertz CT molecular complexity index is 840. The number of hydrogen-bond acceptors (Lipinski definition) is 9. The largest absolute Gasteiger partial charge is 0.458 e. The average Bonchev–Trinajstić information content (AvgIpc) is 2.83. The number of ketones is 2. The molecule has 0 aromatic heterocycles. The third-order valence-corrected chi connectivity index (χ3v) is 7.93. The lowest BCUT2D eigenvalue weighted by Crippen LogP contribution is -2.56. The van der Waals surface area contributed by atoms with Crippen molar-refractivity contribution in [2.45, 2.75) is 110 Å². The lowest BCUT2D eigenvalue weighted by atomic mass is 9.80. The molecular formula is C28H47NO8. The van der Waals surface area contributed by atoms with E-state index in [2.05, 4.69) is 0 Å². The summed E-state index contributed by atoms with van der Waals surface area (Å²) in [6.07, 6.45) is 0.318. The van der Waals surface area contributed by atoms with E-state index in [4.69, 9.17) is 14.2 Å². The van der Waals surface area contributed by atoms with E-state index < -0.39 is 53.9 Å². The van der Waals surface area contributed by atoms with Gasteiger partial charge in [-0.2, -0.15) is 0 Å². The Morgan fingerprint density at radius 2 is 1.73 bits per heavy atom. The zero-order valence-electron chi connectivity index (χ0n) is 23.8. The number of likely N-dealkylation sites (N-methyl/N-ethyl adjacent to an activating group) is 1. The van der Waals surface area contributed by atoms with Crippen LogP contribution in [0.2, 0.25) is 0 Å². The molecule has 0 unspecified atom stereocenters. The summed E-state index contributed by atoms with van der Waals surface area (Å²) in [5, 5.41) is 21.9. The molecule has 0 spiro atoms. The number of cyclic esters (lactones) is 1. The standard InChI is InChI=1S/C28H47NO8/c1-10-22-28(7,34)12-11-21(30)15(2)13-16(3)25(18(5)23(31)19(6)26(33)36-22)37-27-24(32)20(29(8)9)14-17(4)35-27/h11-12,15-20,22,24-25,27,32,34H,10,13-14H2,1-9H3/b12-11+/t15-,16+,17-,18+,19-,20+,22-,24-,25+,27+,28+/m1/s1. The molecule has 11 atom stereocenters. The number of allylic oxidation sites excluding steroid dienone is 1. The molecule has 2 heterocycles. The van der Waals surface area contributed by atoms with Crippen LogP contribution in [0.5, 0.6) is 0 Å². The van der Waals surface area contributed by atoms with E-state index >= 15 is 0 Å². The molecule has 9 nitrogen and oxygen atoms in total. The van der Waals surface area contributed by atoms with Crippen LogP contribution in [0.1, 0.15) is 67.7 Å². The second-order valence-electron chi connectivity index (χ2n) is 11.5. The van der Waals surface area contributed by atoms with Gasteiger partial charge in [-0.3, -0.25) is 14.4 Å². The summed E-state index contributed by atoms with van der Waals surface area (Å²) in [5.41, 5.74) is -1.57. The Balaban J connectivity index is 2.44. The molecule has 9 heteroatoms. The highest BCUT2D eigenvalue weighted by atomic mass is 16.7. The molecule has 0 amide bonds. The Kier molecular flexibility index (Phi) is 11.0. The summed E-state index contributed by atoms with van der Waals surface area (Å²) >= 11 is 0. The Morgan fingerprint density at radius 3 is 2.30 bits per heavy atom. The first kappa shape index (κ1) is 31.6. The van der Waals surface area contributed by atoms with Crippen LogP contribution in [-0.2, 0) is 28.6 Å². The zero-order chi connectivity index (χ0) is 28.2. The highest BCUT2D eigenvalue weighted by Gasteiger charge is 2.44. The minimum Gasteiger partial charge on any atom is -0.458 e. The maximum atomic E-state index is 13.5. The number of esters is 1. The van der Waals surface area contributed by atoms with Gasteiger partial charge < -0.3 is 29.3 Å². The second kappa shape index (κ2) is 12.9. The maximum absolute atomic E-state index is 13.5. The summed E-state index contributed by atoms with van der Waals surface area (Å²) in [4.78, 5) is 41.3. The van der Waals surface area contributed by atoms with Crippen molar-refractivity contribution < 1.29 is 38.8 Å². The van der Waals surface area contributed by atoms with E-state index in [1.165, 1.54) is 26.0 Å². The highest BCUT2D eigenvalue weighted by molar-refractivity contribution is 6.00. The first-order valence-electron chi connectivity index (χ1n) is 13.5. The van der Waals surface area contributed by atoms with E-state index in [0.717, 1.165) is 0 Å². The first-order valence-corrected chi connectivity index (χ1v) is 13.5. The molecule has 0 aliphatic carbocycles. The normalized spacial score (nSPS) is 43.8. The summed E-state index contributed by atoms with van der Waals surface area (Å²) in [6.45, 7) is 12.0. The molecule has 2 rings (SSSR count). The maximum Gasteiger partial charge on any atom is 0.316 e. The summed E-state index contributed by atoms with van der Waals surface area (Å²) in [7, 11) is 3.77. The van der Waals surface area contributed by atoms with E-state index in [0.29, 0.717) is 19.3 Å². The van der Waals surface area contributed by atoms with E-state index in [1.807, 2.05) is 32.8 Å². The molecule has 2 N–H and O–H groups in total. The number of Topliss-reactive ketones (excluding diaryl/α,β-unsaturated/α-hetero) is 1. The predicted molar refractivity (Wildman–Crippen MR) is 139 cm³/mol. The van der Waals surface area contributed by atoms with Gasteiger partial charge in [-0.05, 0) is 72.2 Å². The second-order valence-corrected chi connectivity index (χ2v) is 11.5. The number of aliphatic hydroxyl groups is 2. The monoisotopic (exact) mass is 525 g/mol. The lowest BCUT2D eigenvalue weighted by Gasteiger charge is -2.43. The minimum atomic E-state index is -1.57. The van der Waals surface area contributed by atoms with Gasteiger partial charge in [0.25, 0.3) is 0 Å². The molecule has 212 valence electrons. The third-order valence-electron chi connectivity index (χ3n) is 7.93.